The van der Waals surface area contributed by atoms with Gasteiger partial charge in [0.1, 0.15) is 23.1 Å². The van der Waals surface area contributed by atoms with Crippen LogP contribution in [0.1, 0.15) is 23.1 Å². The number of aryl methyl sites for hydroxylation is 1. The molecule has 3 aromatic rings. The van der Waals surface area contributed by atoms with Gasteiger partial charge < -0.3 is 8.83 Å². The SMILES string of the molecule is Cc1occc1C(NN)c1cc2ccccc2o1. The summed E-state index contributed by atoms with van der Waals surface area (Å²) >= 11 is 0. The molecule has 0 aliphatic rings. The zero-order valence-electron chi connectivity index (χ0n) is 10.0. The molecule has 2 heterocycles. The molecule has 0 aliphatic carbocycles. The summed E-state index contributed by atoms with van der Waals surface area (Å²) in [6.07, 6.45) is 1.65. The molecular weight excluding hydrogens is 228 g/mol. The van der Waals surface area contributed by atoms with Gasteiger partial charge in [-0.3, -0.25) is 5.84 Å². The van der Waals surface area contributed by atoms with Crippen LogP contribution in [0, 0.1) is 6.92 Å². The van der Waals surface area contributed by atoms with Crippen LogP contribution < -0.4 is 11.3 Å². The molecule has 0 aliphatic heterocycles. The molecule has 0 amide bonds. The zero-order chi connectivity index (χ0) is 12.5. The molecule has 1 atom stereocenters. The molecule has 1 unspecified atom stereocenters. The van der Waals surface area contributed by atoms with Crippen LogP contribution >= 0.6 is 0 Å². The molecule has 0 fully saturated rings. The van der Waals surface area contributed by atoms with E-state index in [0.717, 1.165) is 28.1 Å². The van der Waals surface area contributed by atoms with Crippen LogP contribution in [0.3, 0.4) is 0 Å². The van der Waals surface area contributed by atoms with Gasteiger partial charge in [-0.1, -0.05) is 18.2 Å². The Morgan fingerprint density at radius 3 is 2.72 bits per heavy atom. The summed E-state index contributed by atoms with van der Waals surface area (Å²) < 4.78 is 11.1. The van der Waals surface area contributed by atoms with Gasteiger partial charge in [0.05, 0.1) is 6.26 Å². The van der Waals surface area contributed by atoms with Crippen molar-refractivity contribution < 1.29 is 8.83 Å². The van der Waals surface area contributed by atoms with E-state index in [0.29, 0.717) is 0 Å². The lowest BCUT2D eigenvalue weighted by atomic mass is 10.1. The standard InChI is InChI=1S/C14H14N2O2/c1-9-11(6-7-17-9)14(16-15)13-8-10-4-2-3-5-12(10)18-13/h2-8,14,16H,15H2,1H3. The number of hydrogen-bond donors (Lipinski definition) is 2. The molecule has 0 saturated heterocycles. The fraction of sp³-hybridized carbons (Fsp3) is 0.143. The van der Waals surface area contributed by atoms with Crippen molar-refractivity contribution in [1.82, 2.24) is 5.43 Å². The van der Waals surface area contributed by atoms with Crippen molar-refractivity contribution in [2.75, 3.05) is 0 Å². The predicted octanol–water partition coefficient (Wildman–Crippen LogP) is 2.89. The number of fused-ring (bicyclic) bond motifs is 1. The topological polar surface area (TPSA) is 64.3 Å². The van der Waals surface area contributed by atoms with Crippen molar-refractivity contribution in [2.24, 2.45) is 5.84 Å². The van der Waals surface area contributed by atoms with Gasteiger partial charge in [-0.25, -0.2) is 5.43 Å². The number of nitrogens with one attached hydrogen (secondary N) is 1. The van der Waals surface area contributed by atoms with E-state index in [1.807, 2.05) is 43.3 Å². The van der Waals surface area contributed by atoms with Crippen LogP contribution in [0.15, 0.2) is 51.5 Å². The lowest BCUT2D eigenvalue weighted by Gasteiger charge is -2.11. The van der Waals surface area contributed by atoms with Gasteiger partial charge in [0.25, 0.3) is 0 Å². The summed E-state index contributed by atoms with van der Waals surface area (Å²) in [5, 5.41) is 1.06. The summed E-state index contributed by atoms with van der Waals surface area (Å²) in [7, 11) is 0. The average Bonchev–Trinajstić information content (AvgIpc) is 2.97. The van der Waals surface area contributed by atoms with Crippen LogP contribution in [-0.2, 0) is 0 Å². The molecule has 0 saturated carbocycles. The minimum atomic E-state index is -0.198. The van der Waals surface area contributed by atoms with Gasteiger partial charge in [0.2, 0.25) is 0 Å². The summed E-state index contributed by atoms with van der Waals surface area (Å²) in [5.74, 6) is 7.25. The lowest BCUT2D eigenvalue weighted by Crippen LogP contribution is -2.28. The molecule has 0 spiro atoms. The summed E-state index contributed by atoms with van der Waals surface area (Å²) in [6, 6.07) is 11.6. The third-order valence-electron chi connectivity index (χ3n) is 3.11. The number of rotatable bonds is 3. The zero-order valence-corrected chi connectivity index (χ0v) is 10.0. The highest BCUT2D eigenvalue weighted by atomic mass is 16.3. The third-order valence-corrected chi connectivity index (χ3v) is 3.11. The molecule has 2 aromatic heterocycles. The van der Waals surface area contributed by atoms with Gasteiger partial charge in [0.15, 0.2) is 0 Å². The van der Waals surface area contributed by atoms with Crippen LogP contribution in [-0.4, -0.2) is 0 Å². The molecular formula is C14H14N2O2. The Kier molecular flexibility index (Phi) is 2.66. The maximum Gasteiger partial charge on any atom is 0.134 e. The van der Waals surface area contributed by atoms with E-state index in [4.69, 9.17) is 14.7 Å². The normalized spacial score (nSPS) is 13.0. The second kappa shape index (κ2) is 4.33. The van der Waals surface area contributed by atoms with Crippen molar-refractivity contribution in [3.05, 3.63) is 59.7 Å². The van der Waals surface area contributed by atoms with E-state index >= 15 is 0 Å². The highest BCUT2D eigenvalue weighted by molar-refractivity contribution is 5.77. The fourth-order valence-electron chi connectivity index (χ4n) is 2.16. The van der Waals surface area contributed by atoms with Gasteiger partial charge >= 0.3 is 0 Å². The maximum absolute atomic E-state index is 5.82. The van der Waals surface area contributed by atoms with Crippen LogP contribution in [0.5, 0.6) is 0 Å². The van der Waals surface area contributed by atoms with E-state index in [1.165, 1.54) is 0 Å². The monoisotopic (exact) mass is 242 g/mol. The molecule has 3 rings (SSSR count). The third kappa shape index (κ3) is 1.72. The van der Waals surface area contributed by atoms with E-state index in [1.54, 1.807) is 6.26 Å². The van der Waals surface area contributed by atoms with Gasteiger partial charge in [0, 0.05) is 10.9 Å². The van der Waals surface area contributed by atoms with Gasteiger partial charge in [-0.15, -0.1) is 0 Å². The highest BCUT2D eigenvalue weighted by Gasteiger charge is 2.20. The Hall–Kier alpha value is -2.04. The molecule has 18 heavy (non-hydrogen) atoms. The minimum absolute atomic E-state index is 0.198. The Morgan fingerprint density at radius 2 is 2.06 bits per heavy atom. The Morgan fingerprint density at radius 1 is 1.22 bits per heavy atom. The van der Waals surface area contributed by atoms with Crippen molar-refractivity contribution in [3.63, 3.8) is 0 Å². The predicted molar refractivity (Wildman–Crippen MR) is 68.8 cm³/mol. The van der Waals surface area contributed by atoms with Crippen molar-refractivity contribution in [2.45, 2.75) is 13.0 Å². The van der Waals surface area contributed by atoms with Gasteiger partial charge in [-0.05, 0) is 25.1 Å². The lowest BCUT2D eigenvalue weighted by molar-refractivity contribution is 0.465. The minimum Gasteiger partial charge on any atom is -0.469 e. The number of hydrogen-bond acceptors (Lipinski definition) is 4. The molecule has 4 heteroatoms. The van der Waals surface area contributed by atoms with E-state index in [2.05, 4.69) is 5.43 Å². The average molecular weight is 242 g/mol. The molecule has 1 aromatic carbocycles. The summed E-state index contributed by atoms with van der Waals surface area (Å²) in [6.45, 7) is 1.91. The number of nitrogens with two attached hydrogens (primary N) is 1. The molecule has 4 nitrogen and oxygen atoms in total. The molecule has 0 radical (unpaired) electrons. The second-order valence-electron chi connectivity index (χ2n) is 4.22. The fourth-order valence-corrected chi connectivity index (χ4v) is 2.16. The van der Waals surface area contributed by atoms with Crippen molar-refractivity contribution in [1.29, 1.82) is 0 Å². The number of benzene rings is 1. The quantitative estimate of drug-likeness (QED) is 0.547. The van der Waals surface area contributed by atoms with Crippen LogP contribution in [0.2, 0.25) is 0 Å². The van der Waals surface area contributed by atoms with Crippen LogP contribution in [0.25, 0.3) is 11.0 Å². The first-order valence-electron chi connectivity index (χ1n) is 5.78. The first-order chi connectivity index (χ1) is 8.79. The van der Waals surface area contributed by atoms with Crippen molar-refractivity contribution >= 4 is 11.0 Å². The van der Waals surface area contributed by atoms with Crippen LogP contribution in [0.4, 0.5) is 0 Å². The van der Waals surface area contributed by atoms with Crippen molar-refractivity contribution in [3.8, 4) is 0 Å². The van der Waals surface area contributed by atoms with Gasteiger partial charge in [-0.2, -0.15) is 0 Å². The number of furan rings is 2. The van der Waals surface area contributed by atoms with E-state index < -0.39 is 0 Å². The van der Waals surface area contributed by atoms with E-state index in [9.17, 15) is 0 Å². The molecule has 3 N–H and O–H groups in total. The first-order valence-corrected chi connectivity index (χ1v) is 5.78. The maximum atomic E-state index is 5.82. The smallest absolute Gasteiger partial charge is 0.134 e. The number of para-hydroxylation sites is 1. The van der Waals surface area contributed by atoms with E-state index in [-0.39, 0.29) is 6.04 Å². The number of hydrazine groups is 1. The highest BCUT2D eigenvalue weighted by Crippen LogP contribution is 2.29. The Balaban J connectivity index is 2.09. The summed E-state index contributed by atoms with van der Waals surface area (Å²) in [4.78, 5) is 0. The Labute approximate surface area is 104 Å². The first kappa shape index (κ1) is 11.1. The largest absolute Gasteiger partial charge is 0.469 e. The Bertz CT molecular complexity index is 636. The summed E-state index contributed by atoms with van der Waals surface area (Å²) in [5.41, 5.74) is 4.61. The molecule has 92 valence electrons. The second-order valence-corrected chi connectivity index (χ2v) is 4.22. The molecule has 0 bridgehead atoms.